The molecule has 106 valence electrons. The minimum Gasteiger partial charge on any atom is -0.326 e. The number of hydrogen-bond acceptors (Lipinski definition) is 6. The van der Waals surface area contributed by atoms with Gasteiger partial charge in [-0.3, -0.25) is 0 Å². The number of aryl methyl sites for hydroxylation is 1. The maximum atomic E-state index is 5.70. The van der Waals surface area contributed by atoms with Gasteiger partial charge in [0.2, 0.25) is 5.16 Å². The monoisotopic (exact) mass is 298 g/mol. The molecule has 0 aliphatic carbocycles. The molecule has 2 aromatic heterocycles. The van der Waals surface area contributed by atoms with Gasteiger partial charge in [-0.15, -0.1) is 5.10 Å². The molecule has 2 N–H and O–H groups in total. The van der Waals surface area contributed by atoms with Crippen LogP contribution in [-0.2, 0) is 6.54 Å². The highest BCUT2D eigenvalue weighted by Crippen LogP contribution is 2.26. The van der Waals surface area contributed by atoms with Crippen molar-refractivity contribution in [2.24, 2.45) is 5.73 Å². The summed E-state index contributed by atoms with van der Waals surface area (Å²) in [5.41, 5.74) is 8.59. The summed E-state index contributed by atoms with van der Waals surface area (Å²) in [6.45, 7) is 2.43. The van der Waals surface area contributed by atoms with E-state index in [2.05, 4.69) is 20.5 Å². The molecule has 7 heteroatoms. The number of hydrogen-bond donors (Lipinski definition) is 1. The zero-order valence-corrected chi connectivity index (χ0v) is 12.3. The number of para-hydroxylation sites is 1. The van der Waals surface area contributed by atoms with E-state index in [1.807, 2.05) is 49.4 Å². The van der Waals surface area contributed by atoms with Crippen LogP contribution in [0.4, 0.5) is 0 Å². The molecule has 0 spiro atoms. The quantitative estimate of drug-likeness (QED) is 0.793. The summed E-state index contributed by atoms with van der Waals surface area (Å²) in [4.78, 5) is 4.49. The Bertz CT molecular complexity index is 740. The lowest BCUT2D eigenvalue weighted by Crippen LogP contribution is -2.00. The van der Waals surface area contributed by atoms with Crippen LogP contribution in [-0.4, -0.2) is 25.2 Å². The second-order valence-electron chi connectivity index (χ2n) is 4.47. The average Bonchev–Trinajstić information content (AvgIpc) is 2.95. The second-order valence-corrected chi connectivity index (χ2v) is 5.46. The molecule has 1 aromatic carbocycles. The van der Waals surface area contributed by atoms with Gasteiger partial charge in [0.05, 0.1) is 5.69 Å². The Morgan fingerprint density at radius 3 is 2.76 bits per heavy atom. The van der Waals surface area contributed by atoms with E-state index >= 15 is 0 Å². The third kappa shape index (κ3) is 3.09. The summed E-state index contributed by atoms with van der Waals surface area (Å²) in [6, 6.07) is 13.7. The third-order valence-corrected chi connectivity index (χ3v) is 3.72. The van der Waals surface area contributed by atoms with Gasteiger partial charge in [0.25, 0.3) is 0 Å². The Kier molecular flexibility index (Phi) is 3.94. The van der Waals surface area contributed by atoms with Crippen molar-refractivity contribution in [3.63, 3.8) is 0 Å². The van der Waals surface area contributed by atoms with Crippen molar-refractivity contribution in [2.75, 3.05) is 0 Å². The molecule has 0 bridgehead atoms. The Hall–Kier alpha value is -2.25. The van der Waals surface area contributed by atoms with E-state index < -0.39 is 0 Å². The second kappa shape index (κ2) is 6.02. The Labute approximate surface area is 126 Å². The SMILES string of the molecule is Cc1cc(CN)cc(Sc2nnnn2-c2ccccc2)n1. The maximum Gasteiger partial charge on any atom is 0.220 e. The molecule has 0 saturated carbocycles. The zero-order valence-electron chi connectivity index (χ0n) is 11.5. The van der Waals surface area contributed by atoms with E-state index in [1.165, 1.54) is 11.8 Å². The van der Waals surface area contributed by atoms with Gasteiger partial charge in [0.15, 0.2) is 0 Å². The van der Waals surface area contributed by atoms with E-state index in [-0.39, 0.29) is 0 Å². The number of nitrogens with zero attached hydrogens (tertiary/aromatic N) is 5. The molecule has 21 heavy (non-hydrogen) atoms. The first kappa shape index (κ1) is 13.7. The molecule has 3 rings (SSSR count). The number of rotatable bonds is 4. The fraction of sp³-hybridized carbons (Fsp3) is 0.143. The van der Waals surface area contributed by atoms with Crippen LogP contribution in [0.25, 0.3) is 5.69 Å². The minimum absolute atomic E-state index is 0.487. The van der Waals surface area contributed by atoms with Crippen LogP contribution < -0.4 is 5.73 Å². The average molecular weight is 298 g/mol. The molecule has 0 radical (unpaired) electrons. The van der Waals surface area contributed by atoms with Crippen molar-refractivity contribution in [3.8, 4) is 5.69 Å². The summed E-state index contributed by atoms with van der Waals surface area (Å²) in [5.74, 6) is 0. The van der Waals surface area contributed by atoms with Gasteiger partial charge in [-0.25, -0.2) is 4.98 Å². The van der Waals surface area contributed by atoms with Crippen molar-refractivity contribution >= 4 is 11.8 Å². The summed E-state index contributed by atoms with van der Waals surface area (Å²) >= 11 is 1.42. The fourth-order valence-corrected chi connectivity index (χ4v) is 2.84. The molecule has 6 nitrogen and oxygen atoms in total. The molecule has 2 heterocycles. The highest BCUT2D eigenvalue weighted by atomic mass is 32.2. The summed E-state index contributed by atoms with van der Waals surface area (Å²) in [7, 11) is 0. The van der Waals surface area contributed by atoms with Crippen molar-refractivity contribution in [3.05, 3.63) is 53.7 Å². The lowest BCUT2D eigenvalue weighted by molar-refractivity contribution is 0.755. The molecule has 0 atom stereocenters. The first-order valence-corrected chi connectivity index (χ1v) is 7.27. The Morgan fingerprint density at radius 2 is 2.00 bits per heavy atom. The van der Waals surface area contributed by atoms with Gasteiger partial charge in [0, 0.05) is 12.2 Å². The van der Waals surface area contributed by atoms with Crippen molar-refractivity contribution in [2.45, 2.75) is 23.7 Å². The van der Waals surface area contributed by atoms with Crippen LogP contribution in [0.15, 0.2) is 52.6 Å². The Morgan fingerprint density at radius 1 is 1.19 bits per heavy atom. The molecule has 0 saturated heterocycles. The molecule has 0 amide bonds. The lowest BCUT2D eigenvalue weighted by atomic mass is 10.2. The standard InChI is InChI=1S/C14H14N6S/c1-10-7-11(9-15)8-13(16-10)21-14-17-18-19-20(14)12-5-3-2-4-6-12/h2-8H,9,15H2,1H3. The number of pyridine rings is 1. The number of tetrazole rings is 1. The molecule has 0 unspecified atom stereocenters. The normalized spacial score (nSPS) is 10.8. The predicted molar refractivity (Wildman–Crippen MR) is 80.1 cm³/mol. The van der Waals surface area contributed by atoms with Crippen LogP contribution in [0.1, 0.15) is 11.3 Å². The molecular weight excluding hydrogens is 284 g/mol. The first-order chi connectivity index (χ1) is 10.3. The lowest BCUT2D eigenvalue weighted by Gasteiger charge is -2.05. The summed E-state index contributed by atoms with van der Waals surface area (Å²) in [6.07, 6.45) is 0. The number of benzene rings is 1. The van der Waals surface area contributed by atoms with Gasteiger partial charge < -0.3 is 5.73 Å². The van der Waals surface area contributed by atoms with Crippen LogP contribution in [0, 0.1) is 6.92 Å². The van der Waals surface area contributed by atoms with Gasteiger partial charge in [0.1, 0.15) is 5.03 Å². The maximum absolute atomic E-state index is 5.70. The fourth-order valence-electron chi connectivity index (χ4n) is 1.94. The van der Waals surface area contributed by atoms with Crippen LogP contribution in [0.3, 0.4) is 0 Å². The molecule has 0 aliphatic rings. The van der Waals surface area contributed by atoms with Crippen LogP contribution in [0.2, 0.25) is 0 Å². The van der Waals surface area contributed by atoms with Crippen LogP contribution >= 0.6 is 11.8 Å². The van der Waals surface area contributed by atoms with Crippen LogP contribution in [0.5, 0.6) is 0 Å². The molecule has 0 fully saturated rings. The largest absolute Gasteiger partial charge is 0.326 e. The topological polar surface area (TPSA) is 82.5 Å². The zero-order chi connectivity index (χ0) is 14.7. The summed E-state index contributed by atoms with van der Waals surface area (Å²) < 4.78 is 1.69. The first-order valence-electron chi connectivity index (χ1n) is 6.45. The molecule has 3 aromatic rings. The smallest absolute Gasteiger partial charge is 0.220 e. The van der Waals surface area contributed by atoms with Gasteiger partial charge in [-0.05, 0) is 58.9 Å². The number of aromatic nitrogens is 5. The van der Waals surface area contributed by atoms with Gasteiger partial charge in [-0.2, -0.15) is 4.68 Å². The van der Waals surface area contributed by atoms with Crippen molar-refractivity contribution < 1.29 is 0 Å². The highest BCUT2D eigenvalue weighted by Gasteiger charge is 2.11. The van der Waals surface area contributed by atoms with E-state index in [0.29, 0.717) is 11.7 Å². The van der Waals surface area contributed by atoms with Crippen molar-refractivity contribution in [1.29, 1.82) is 0 Å². The molecular formula is C14H14N6S. The third-order valence-electron chi connectivity index (χ3n) is 2.86. The molecule has 0 aliphatic heterocycles. The van der Waals surface area contributed by atoms with E-state index in [4.69, 9.17) is 5.73 Å². The van der Waals surface area contributed by atoms with E-state index in [0.717, 1.165) is 22.0 Å². The van der Waals surface area contributed by atoms with Crippen molar-refractivity contribution in [1.82, 2.24) is 25.2 Å². The Balaban J connectivity index is 1.93. The minimum atomic E-state index is 0.487. The predicted octanol–water partition coefficient (Wildman–Crippen LogP) is 1.98. The van der Waals surface area contributed by atoms with E-state index in [1.54, 1.807) is 4.68 Å². The van der Waals surface area contributed by atoms with Gasteiger partial charge >= 0.3 is 0 Å². The van der Waals surface area contributed by atoms with Gasteiger partial charge in [-0.1, -0.05) is 18.2 Å². The summed E-state index contributed by atoms with van der Waals surface area (Å²) in [5, 5.41) is 13.4. The van der Waals surface area contributed by atoms with E-state index in [9.17, 15) is 0 Å². The number of nitrogens with two attached hydrogens (primary N) is 1. The highest BCUT2D eigenvalue weighted by molar-refractivity contribution is 7.99.